The number of esters is 1. The van der Waals surface area contributed by atoms with E-state index in [2.05, 4.69) is 0 Å². The first-order valence-electron chi connectivity index (χ1n) is 10.2. The summed E-state index contributed by atoms with van der Waals surface area (Å²) in [5, 5.41) is 28.4. The van der Waals surface area contributed by atoms with Crippen LogP contribution in [-0.4, -0.2) is 93.4 Å². The molecule has 1 rings (SSSR count). The highest BCUT2D eigenvalue weighted by Gasteiger charge is 2.24. The number of thioether (sulfide) groups is 1. The number of hydrogen-bond donors (Lipinski definition) is 3. The molecule has 0 aliphatic carbocycles. The second kappa shape index (κ2) is 17.6. The molecular formula is C21H33NO11S. The Morgan fingerprint density at radius 3 is 2.09 bits per heavy atom. The van der Waals surface area contributed by atoms with Gasteiger partial charge in [0.25, 0.3) is 0 Å². The summed E-state index contributed by atoms with van der Waals surface area (Å²) in [6.07, 6.45) is 1.91. The van der Waals surface area contributed by atoms with E-state index >= 15 is 0 Å². The van der Waals surface area contributed by atoms with Crippen LogP contribution in [0, 0.1) is 0 Å². The predicted octanol–water partition coefficient (Wildman–Crippen LogP) is -1.48. The van der Waals surface area contributed by atoms with Crippen LogP contribution in [0.5, 0.6) is 23.0 Å². The zero-order chi connectivity index (χ0) is 26.1. The van der Waals surface area contributed by atoms with Gasteiger partial charge in [0, 0.05) is 18.6 Å². The molecular weight excluding hydrogens is 474 g/mol. The van der Waals surface area contributed by atoms with Crippen molar-refractivity contribution in [3.05, 3.63) is 12.1 Å². The molecule has 4 N–H and O–H groups in total. The minimum absolute atomic E-state index is 0.0627. The first kappa shape index (κ1) is 31.1. The minimum Gasteiger partial charge on any atom is -0.539 e. The molecule has 0 fully saturated rings. The number of rotatable bonds is 14. The lowest BCUT2D eigenvalue weighted by molar-refractivity contribution is -0.684. The molecule has 2 atom stereocenters. The van der Waals surface area contributed by atoms with Crippen molar-refractivity contribution in [1.82, 2.24) is 0 Å². The molecule has 34 heavy (non-hydrogen) atoms. The number of carbonyl (C=O) groups excluding carboxylic acids is 2. The monoisotopic (exact) mass is 507 g/mol. The summed E-state index contributed by atoms with van der Waals surface area (Å²) >= 11 is 1.67. The summed E-state index contributed by atoms with van der Waals surface area (Å²) in [6, 6.07) is 3.00. The van der Waals surface area contributed by atoms with Crippen molar-refractivity contribution >= 4 is 29.7 Å². The largest absolute Gasteiger partial charge is 0.539 e. The van der Waals surface area contributed by atoms with Crippen molar-refractivity contribution in [1.29, 1.82) is 0 Å². The molecule has 0 saturated carbocycles. The van der Waals surface area contributed by atoms with Crippen molar-refractivity contribution in [3.63, 3.8) is 0 Å². The maximum absolute atomic E-state index is 12.0. The predicted molar refractivity (Wildman–Crippen MR) is 120 cm³/mol. The molecule has 0 radical (unpaired) electrons. The molecule has 13 heteroatoms. The third-order valence-electron chi connectivity index (χ3n) is 4.17. The molecule has 0 aromatic heterocycles. The van der Waals surface area contributed by atoms with Gasteiger partial charge in [-0.05, 0) is 18.9 Å². The normalized spacial score (nSPS) is 11.8. The van der Waals surface area contributed by atoms with Gasteiger partial charge in [0.2, 0.25) is 5.75 Å². The number of carboxylic acid groups (broad SMARTS) is 2. The fourth-order valence-corrected chi connectivity index (χ4v) is 3.04. The number of aliphatic carboxylic acids is 2. The summed E-state index contributed by atoms with van der Waals surface area (Å²) in [6.45, 7) is 2.51. The maximum atomic E-state index is 12.0. The zero-order valence-electron chi connectivity index (χ0n) is 19.9. The molecule has 12 nitrogen and oxygen atoms in total. The van der Waals surface area contributed by atoms with Crippen LogP contribution in [0.1, 0.15) is 13.3 Å². The van der Waals surface area contributed by atoms with E-state index in [1.54, 1.807) is 36.1 Å². The highest BCUT2D eigenvalue weighted by atomic mass is 32.2. The molecule has 0 heterocycles. The lowest BCUT2D eigenvalue weighted by Crippen LogP contribution is -2.94. The Morgan fingerprint density at radius 2 is 1.68 bits per heavy atom. The van der Waals surface area contributed by atoms with Crippen LogP contribution in [0.3, 0.4) is 0 Å². The van der Waals surface area contributed by atoms with E-state index in [0.717, 1.165) is 5.75 Å². The zero-order valence-corrected chi connectivity index (χ0v) is 20.7. The summed E-state index contributed by atoms with van der Waals surface area (Å²) in [7, 11) is 4.57. The van der Waals surface area contributed by atoms with Crippen LogP contribution in [0.15, 0.2) is 12.1 Å². The average Bonchev–Trinajstić information content (AvgIpc) is 2.82. The van der Waals surface area contributed by atoms with Crippen LogP contribution in [0.2, 0.25) is 0 Å². The highest BCUT2D eigenvalue weighted by molar-refractivity contribution is 7.98. The number of carboxylic acids is 2. The van der Waals surface area contributed by atoms with Gasteiger partial charge >= 0.3 is 11.9 Å². The Hall–Kier alpha value is -2.90. The second-order valence-electron chi connectivity index (χ2n) is 6.53. The van der Waals surface area contributed by atoms with E-state index in [9.17, 15) is 9.90 Å². The van der Waals surface area contributed by atoms with Gasteiger partial charge in [-0.2, -0.15) is 11.8 Å². The summed E-state index contributed by atoms with van der Waals surface area (Å²) in [5.41, 5.74) is 0. The van der Waals surface area contributed by atoms with Crippen molar-refractivity contribution in [2.75, 3.05) is 53.1 Å². The van der Waals surface area contributed by atoms with Gasteiger partial charge in [-0.25, -0.2) is 9.59 Å². The van der Waals surface area contributed by atoms with Crippen molar-refractivity contribution in [2.24, 2.45) is 0 Å². The van der Waals surface area contributed by atoms with Gasteiger partial charge in [-0.15, -0.1) is 0 Å². The molecule has 0 aliphatic rings. The molecule has 0 aliphatic heterocycles. The number of aliphatic hydroxyl groups is 1. The molecule has 1 aromatic rings. The van der Waals surface area contributed by atoms with Crippen LogP contribution in [-0.2, 0) is 19.1 Å². The van der Waals surface area contributed by atoms with Gasteiger partial charge in [0.05, 0.1) is 27.9 Å². The first-order valence-corrected chi connectivity index (χ1v) is 11.6. The molecule has 194 valence electrons. The summed E-state index contributed by atoms with van der Waals surface area (Å²) in [4.78, 5) is 30.1. The number of hydrogen-bond acceptors (Lipinski definition) is 11. The smallest absolute Gasteiger partial charge is 0.364 e. The van der Waals surface area contributed by atoms with E-state index < -0.39 is 18.0 Å². The number of benzene rings is 1. The average molecular weight is 508 g/mol. The van der Waals surface area contributed by atoms with Crippen LogP contribution < -0.4 is 29.4 Å². The van der Waals surface area contributed by atoms with Crippen molar-refractivity contribution in [3.8, 4) is 23.0 Å². The van der Waals surface area contributed by atoms with Gasteiger partial charge in [-0.1, -0.05) is 0 Å². The third-order valence-corrected chi connectivity index (χ3v) is 4.81. The number of methoxy groups -OCH3 is 3. The van der Waals surface area contributed by atoms with Gasteiger partial charge in [0.15, 0.2) is 23.5 Å². The summed E-state index contributed by atoms with van der Waals surface area (Å²) in [5.74, 6) is -1.53. The van der Waals surface area contributed by atoms with E-state index in [1.807, 2.05) is 6.26 Å². The van der Waals surface area contributed by atoms with Gasteiger partial charge in [-0.3, -0.25) is 0 Å². The van der Waals surface area contributed by atoms with E-state index in [1.165, 1.54) is 21.3 Å². The fourth-order valence-electron chi connectivity index (χ4n) is 2.55. The molecule has 0 saturated heterocycles. The molecule has 0 bridgehead atoms. The number of carbonyl (C=O) groups is 3. The Balaban J connectivity index is 0.00000160. The fraction of sp³-hybridized carbons (Fsp3) is 0.571. The van der Waals surface area contributed by atoms with Crippen LogP contribution in [0.25, 0.3) is 0 Å². The number of ether oxygens (including phenoxy) is 5. The number of aliphatic hydroxyl groups excluding tert-OH is 1. The van der Waals surface area contributed by atoms with E-state index in [4.69, 9.17) is 43.5 Å². The molecule has 0 spiro atoms. The summed E-state index contributed by atoms with van der Waals surface area (Å²) < 4.78 is 26.6. The second-order valence-corrected chi connectivity index (χ2v) is 7.52. The SMILES string of the molecule is CCOC(=O)C(CCSC)[NH2+]CC(O)COc1cc(OC)c(OC)c(OC)c1.O=C([O-])C(=O)O. The number of nitrogens with two attached hydrogens (primary N) is 1. The molecule has 0 amide bonds. The lowest BCUT2D eigenvalue weighted by Gasteiger charge is -2.18. The Labute approximate surface area is 202 Å². The molecule has 1 aromatic carbocycles. The van der Waals surface area contributed by atoms with Crippen molar-refractivity contribution in [2.45, 2.75) is 25.5 Å². The Bertz CT molecular complexity index is 738. The van der Waals surface area contributed by atoms with Gasteiger partial charge < -0.3 is 49.1 Å². The molecule has 2 unspecified atom stereocenters. The lowest BCUT2D eigenvalue weighted by atomic mass is 10.2. The first-order chi connectivity index (χ1) is 16.1. The van der Waals surface area contributed by atoms with Crippen LogP contribution in [0.4, 0.5) is 0 Å². The maximum Gasteiger partial charge on any atom is 0.364 e. The minimum atomic E-state index is -2.07. The van der Waals surface area contributed by atoms with Gasteiger partial charge in [0.1, 0.15) is 25.0 Å². The quantitative estimate of drug-likeness (QED) is 0.197. The standard InChI is InChI=1S/C19H31NO7S.C2H2O4/c1-6-26-19(22)15(7-8-28-5)20-11-13(21)12-27-14-9-16(23-2)18(25-4)17(10-14)24-3;3-1(4)2(5)6/h9-10,13,15,20-21H,6-8,11-12H2,1-5H3;(H,3,4)(H,5,6). The highest BCUT2D eigenvalue weighted by Crippen LogP contribution is 2.40. The topological polar surface area (TPSA) is 177 Å². The van der Waals surface area contributed by atoms with Crippen molar-refractivity contribution < 1.29 is 58.7 Å². The third kappa shape index (κ3) is 11.8. The Morgan fingerprint density at radius 1 is 1.12 bits per heavy atom. The number of quaternary nitrogens is 1. The van der Waals surface area contributed by atoms with Crippen LogP contribution >= 0.6 is 11.8 Å². The van der Waals surface area contributed by atoms with E-state index in [0.29, 0.717) is 42.6 Å². The van der Waals surface area contributed by atoms with E-state index in [-0.39, 0.29) is 18.6 Å². The Kier molecular flexibility index (Phi) is 16.1.